The van der Waals surface area contributed by atoms with Crippen LogP contribution in [0.5, 0.6) is 0 Å². The van der Waals surface area contributed by atoms with Crippen molar-refractivity contribution >= 4 is 0 Å². The van der Waals surface area contributed by atoms with Gasteiger partial charge >= 0.3 is 0 Å². The third-order valence-corrected chi connectivity index (χ3v) is 3.13. The molecule has 84 valence electrons. The van der Waals surface area contributed by atoms with Gasteiger partial charge in [-0.3, -0.25) is 0 Å². The molecule has 1 aliphatic rings. The molecule has 17 heavy (non-hydrogen) atoms. The van der Waals surface area contributed by atoms with E-state index in [1.165, 1.54) is 0 Å². The van der Waals surface area contributed by atoms with Crippen LogP contribution in [-0.2, 0) is 13.1 Å². The van der Waals surface area contributed by atoms with Crippen molar-refractivity contribution in [3.8, 4) is 11.8 Å². The van der Waals surface area contributed by atoms with Crippen LogP contribution >= 0.6 is 0 Å². The summed E-state index contributed by atoms with van der Waals surface area (Å²) in [6.45, 7) is 3.57. The Morgan fingerprint density at radius 2 is 2.18 bits per heavy atom. The van der Waals surface area contributed by atoms with Gasteiger partial charge in [-0.05, 0) is 18.6 Å². The van der Waals surface area contributed by atoms with Crippen molar-refractivity contribution in [2.24, 2.45) is 0 Å². The lowest BCUT2D eigenvalue weighted by atomic mass is 10.2. The molecule has 2 aromatic rings. The first-order valence-electron chi connectivity index (χ1n) is 5.59. The summed E-state index contributed by atoms with van der Waals surface area (Å²) in [6, 6.07) is 10.2. The van der Waals surface area contributed by atoms with Crippen LogP contribution in [0.15, 0.2) is 24.3 Å². The van der Waals surface area contributed by atoms with E-state index in [2.05, 4.69) is 29.5 Å². The minimum Gasteiger partial charge on any atom is -0.307 e. The second-order valence-electron chi connectivity index (χ2n) is 4.19. The van der Waals surface area contributed by atoms with Gasteiger partial charge in [0.2, 0.25) is 0 Å². The Bertz CT molecular complexity index is 619. The molecular weight excluding hydrogens is 212 g/mol. The molecule has 1 aromatic heterocycles. The monoisotopic (exact) mass is 224 g/mol. The summed E-state index contributed by atoms with van der Waals surface area (Å²) in [5.41, 5.74) is 4.89. The van der Waals surface area contributed by atoms with Gasteiger partial charge in [0.05, 0.1) is 11.4 Å². The lowest BCUT2D eigenvalue weighted by molar-refractivity contribution is 0.707. The number of hydrogen-bond donors (Lipinski definition) is 1. The molecule has 0 atom stereocenters. The summed E-state index contributed by atoms with van der Waals surface area (Å²) >= 11 is 0. The molecule has 1 aromatic carbocycles. The standard InChI is InChI=1S/C13H12N4/c1-9-4-2-3-5-12(9)17-13-8-15-7-10(13)11(6-14)16-17/h2-5,15H,7-8H2,1H3. The Labute approximate surface area is 99.5 Å². The molecule has 0 spiro atoms. The molecule has 0 saturated heterocycles. The molecule has 2 heterocycles. The van der Waals surface area contributed by atoms with Gasteiger partial charge in [0.1, 0.15) is 6.07 Å². The van der Waals surface area contributed by atoms with Gasteiger partial charge in [0.25, 0.3) is 0 Å². The van der Waals surface area contributed by atoms with E-state index in [0.29, 0.717) is 5.69 Å². The minimum absolute atomic E-state index is 0.535. The first-order chi connectivity index (χ1) is 8.31. The van der Waals surface area contributed by atoms with Crippen molar-refractivity contribution in [2.75, 3.05) is 0 Å². The van der Waals surface area contributed by atoms with Crippen LogP contribution in [0.1, 0.15) is 22.5 Å². The smallest absolute Gasteiger partial charge is 0.167 e. The SMILES string of the molecule is Cc1ccccc1-n1nc(C#N)c2c1CNC2. The number of nitrogens with zero attached hydrogens (tertiary/aromatic N) is 3. The molecule has 0 bridgehead atoms. The van der Waals surface area contributed by atoms with Crippen LogP contribution in [0.25, 0.3) is 5.69 Å². The highest BCUT2D eigenvalue weighted by atomic mass is 15.3. The van der Waals surface area contributed by atoms with E-state index in [1.807, 2.05) is 22.9 Å². The topological polar surface area (TPSA) is 53.6 Å². The van der Waals surface area contributed by atoms with E-state index in [-0.39, 0.29) is 0 Å². The van der Waals surface area contributed by atoms with E-state index in [4.69, 9.17) is 5.26 Å². The average molecular weight is 224 g/mol. The fourth-order valence-corrected chi connectivity index (χ4v) is 2.25. The number of rotatable bonds is 1. The third kappa shape index (κ3) is 1.44. The van der Waals surface area contributed by atoms with E-state index in [0.717, 1.165) is 35.6 Å². The van der Waals surface area contributed by atoms with Crippen LogP contribution < -0.4 is 5.32 Å². The third-order valence-electron chi connectivity index (χ3n) is 3.13. The molecule has 0 amide bonds. The fourth-order valence-electron chi connectivity index (χ4n) is 2.25. The molecule has 0 radical (unpaired) electrons. The lowest BCUT2D eigenvalue weighted by Gasteiger charge is -2.08. The average Bonchev–Trinajstić information content (AvgIpc) is 2.91. The number of nitrogens with one attached hydrogen (secondary N) is 1. The van der Waals surface area contributed by atoms with Crippen molar-refractivity contribution < 1.29 is 0 Å². The van der Waals surface area contributed by atoms with Gasteiger partial charge < -0.3 is 5.32 Å². The molecular formula is C13H12N4. The van der Waals surface area contributed by atoms with E-state index < -0.39 is 0 Å². The van der Waals surface area contributed by atoms with Crippen molar-refractivity contribution in [1.29, 1.82) is 5.26 Å². The van der Waals surface area contributed by atoms with Crippen LogP contribution in [0.4, 0.5) is 0 Å². The van der Waals surface area contributed by atoms with Gasteiger partial charge in [-0.2, -0.15) is 10.4 Å². The highest BCUT2D eigenvalue weighted by molar-refractivity contribution is 5.46. The summed E-state index contributed by atoms with van der Waals surface area (Å²) in [5.74, 6) is 0. The molecule has 0 saturated carbocycles. The van der Waals surface area contributed by atoms with Crippen LogP contribution in [0.3, 0.4) is 0 Å². The van der Waals surface area contributed by atoms with Gasteiger partial charge in [-0.1, -0.05) is 18.2 Å². The maximum absolute atomic E-state index is 9.08. The van der Waals surface area contributed by atoms with Crippen molar-refractivity contribution in [3.63, 3.8) is 0 Å². The molecule has 0 fully saturated rings. The lowest BCUT2D eigenvalue weighted by Crippen LogP contribution is -2.08. The van der Waals surface area contributed by atoms with Gasteiger partial charge in [-0.25, -0.2) is 4.68 Å². The summed E-state index contributed by atoms with van der Waals surface area (Å²) < 4.78 is 1.89. The van der Waals surface area contributed by atoms with Crippen molar-refractivity contribution in [3.05, 3.63) is 46.8 Å². The number of nitriles is 1. The number of aryl methyl sites for hydroxylation is 1. The van der Waals surface area contributed by atoms with E-state index in [1.54, 1.807) is 0 Å². The highest BCUT2D eigenvalue weighted by Gasteiger charge is 2.23. The number of para-hydroxylation sites is 1. The van der Waals surface area contributed by atoms with E-state index in [9.17, 15) is 0 Å². The largest absolute Gasteiger partial charge is 0.307 e. The molecule has 0 unspecified atom stereocenters. The fraction of sp³-hybridized carbons (Fsp3) is 0.231. The minimum atomic E-state index is 0.535. The predicted molar refractivity (Wildman–Crippen MR) is 63.6 cm³/mol. The van der Waals surface area contributed by atoms with Crippen molar-refractivity contribution in [2.45, 2.75) is 20.0 Å². The summed E-state index contributed by atoms with van der Waals surface area (Å²) in [4.78, 5) is 0. The molecule has 1 aliphatic heterocycles. The van der Waals surface area contributed by atoms with Crippen LogP contribution in [0, 0.1) is 18.3 Å². The zero-order valence-electron chi connectivity index (χ0n) is 9.57. The first kappa shape index (κ1) is 10.1. The Balaban J connectivity index is 2.24. The number of fused-ring (bicyclic) bond motifs is 1. The van der Waals surface area contributed by atoms with Gasteiger partial charge in [0, 0.05) is 18.7 Å². The second kappa shape index (κ2) is 3.72. The van der Waals surface area contributed by atoms with Crippen molar-refractivity contribution in [1.82, 2.24) is 15.1 Å². The molecule has 3 rings (SSSR count). The molecule has 4 heteroatoms. The zero-order valence-corrected chi connectivity index (χ0v) is 9.57. The van der Waals surface area contributed by atoms with Gasteiger partial charge in [0.15, 0.2) is 5.69 Å². The Morgan fingerprint density at radius 3 is 2.94 bits per heavy atom. The Hall–Kier alpha value is -2.12. The Morgan fingerprint density at radius 1 is 1.35 bits per heavy atom. The predicted octanol–water partition coefficient (Wildman–Crippen LogP) is 1.66. The maximum atomic E-state index is 9.08. The van der Waals surface area contributed by atoms with Gasteiger partial charge in [-0.15, -0.1) is 0 Å². The summed E-state index contributed by atoms with van der Waals surface area (Å²) in [7, 11) is 0. The zero-order chi connectivity index (χ0) is 11.8. The summed E-state index contributed by atoms with van der Waals surface area (Å²) in [6.07, 6.45) is 0. The first-order valence-corrected chi connectivity index (χ1v) is 5.59. The molecule has 4 nitrogen and oxygen atoms in total. The molecule has 1 N–H and O–H groups in total. The quantitative estimate of drug-likeness (QED) is 0.801. The van der Waals surface area contributed by atoms with Crippen LogP contribution in [-0.4, -0.2) is 9.78 Å². The normalized spacial score (nSPS) is 13.4. The Kier molecular flexibility index (Phi) is 2.20. The van der Waals surface area contributed by atoms with E-state index >= 15 is 0 Å². The molecule has 0 aliphatic carbocycles. The number of hydrogen-bond acceptors (Lipinski definition) is 3. The second-order valence-corrected chi connectivity index (χ2v) is 4.19. The number of aromatic nitrogens is 2. The maximum Gasteiger partial charge on any atom is 0.167 e. The highest BCUT2D eigenvalue weighted by Crippen LogP contribution is 2.24. The number of benzene rings is 1. The van der Waals surface area contributed by atoms with Crippen LogP contribution in [0.2, 0.25) is 0 Å². The summed E-state index contributed by atoms with van der Waals surface area (Å²) in [5, 5.41) is 16.7.